The van der Waals surface area contributed by atoms with Crippen LogP contribution in [0.25, 0.3) is 0 Å². The number of nitrogens with one attached hydrogen (secondary N) is 2. The largest absolute Gasteiger partial charge is 0.347 e. The second-order valence-corrected chi connectivity index (χ2v) is 10.5. The van der Waals surface area contributed by atoms with Crippen molar-refractivity contribution in [2.24, 2.45) is 0 Å². The molecule has 1 aromatic heterocycles. The number of hydrogen-bond donors (Lipinski definition) is 2. The van der Waals surface area contributed by atoms with Crippen LogP contribution in [0.1, 0.15) is 36.9 Å². The normalized spacial score (nSPS) is 21.8. The van der Waals surface area contributed by atoms with Crippen LogP contribution in [0.15, 0.2) is 59.9 Å². The maximum Gasteiger partial charge on any atom is 0.188 e. The van der Waals surface area contributed by atoms with Gasteiger partial charge in [0.15, 0.2) is 9.84 Å². The summed E-state index contributed by atoms with van der Waals surface area (Å²) in [5.74, 6) is -1.38. The topological polar surface area (TPSA) is 74.8 Å². The van der Waals surface area contributed by atoms with E-state index in [1.807, 2.05) is 0 Å². The Morgan fingerprint density at radius 1 is 1.13 bits per heavy atom. The second kappa shape index (κ2) is 8.68. The maximum absolute atomic E-state index is 14.9. The lowest BCUT2D eigenvalue weighted by atomic mass is 9.80. The van der Waals surface area contributed by atoms with Gasteiger partial charge in [-0.15, -0.1) is 0 Å². The van der Waals surface area contributed by atoms with Crippen molar-refractivity contribution in [3.05, 3.63) is 82.9 Å². The first kappa shape index (κ1) is 21.9. The molecule has 0 saturated heterocycles. The molecule has 31 heavy (non-hydrogen) atoms. The Morgan fingerprint density at radius 2 is 1.84 bits per heavy atom. The summed E-state index contributed by atoms with van der Waals surface area (Å²) >= 11 is 5.92. The van der Waals surface area contributed by atoms with Crippen molar-refractivity contribution in [3.8, 4) is 0 Å². The predicted molar refractivity (Wildman–Crippen MR) is 114 cm³/mol. The molecule has 0 spiro atoms. The van der Waals surface area contributed by atoms with Crippen LogP contribution in [-0.4, -0.2) is 24.4 Å². The number of aromatic amines is 1. The Bertz CT molecular complexity index is 1140. The summed E-state index contributed by atoms with van der Waals surface area (Å²) in [6.07, 6.45) is 4.63. The van der Waals surface area contributed by atoms with Crippen LogP contribution < -0.4 is 5.32 Å². The Hall–Kier alpha value is -2.29. The Kier molecular flexibility index (Phi) is 6.14. The zero-order valence-corrected chi connectivity index (χ0v) is 18.2. The summed E-state index contributed by atoms with van der Waals surface area (Å²) in [6.45, 7) is 0.565. The number of aromatic nitrogens is 2. The minimum Gasteiger partial charge on any atom is -0.347 e. The third-order valence-electron chi connectivity index (χ3n) is 5.99. The second-order valence-electron chi connectivity index (χ2n) is 7.81. The van der Waals surface area contributed by atoms with Gasteiger partial charge in [-0.05, 0) is 68.1 Å². The van der Waals surface area contributed by atoms with Crippen LogP contribution in [0.4, 0.5) is 8.78 Å². The van der Waals surface area contributed by atoms with Crippen LogP contribution in [0.5, 0.6) is 0 Å². The number of halogens is 3. The highest BCUT2D eigenvalue weighted by Gasteiger charge is 2.50. The van der Waals surface area contributed by atoms with Gasteiger partial charge >= 0.3 is 0 Å². The number of nitrogens with zero attached hydrogens (tertiary/aromatic N) is 1. The molecule has 1 saturated carbocycles. The van der Waals surface area contributed by atoms with E-state index < -0.39 is 26.2 Å². The summed E-state index contributed by atoms with van der Waals surface area (Å²) in [4.78, 5) is 7.03. The average molecular weight is 466 g/mol. The fourth-order valence-electron chi connectivity index (χ4n) is 4.29. The van der Waals surface area contributed by atoms with E-state index in [9.17, 15) is 17.2 Å². The smallest absolute Gasteiger partial charge is 0.188 e. The van der Waals surface area contributed by atoms with Crippen LogP contribution in [0.2, 0.25) is 5.02 Å². The summed E-state index contributed by atoms with van der Waals surface area (Å²) in [6, 6.07) is 8.86. The van der Waals surface area contributed by atoms with Crippen LogP contribution >= 0.6 is 11.6 Å². The molecule has 1 fully saturated rings. The number of hydrogen-bond acceptors (Lipinski definition) is 4. The molecule has 1 heterocycles. The minimum atomic E-state index is -4.02. The molecule has 4 rings (SSSR count). The van der Waals surface area contributed by atoms with Gasteiger partial charge in [0, 0.05) is 35.1 Å². The summed E-state index contributed by atoms with van der Waals surface area (Å²) in [5, 5.41) is 3.79. The average Bonchev–Trinajstić information content (AvgIpc) is 3.28. The van der Waals surface area contributed by atoms with E-state index in [0.29, 0.717) is 24.4 Å². The van der Waals surface area contributed by atoms with Crippen molar-refractivity contribution in [1.29, 1.82) is 0 Å². The molecular weight excluding hydrogens is 444 g/mol. The summed E-state index contributed by atoms with van der Waals surface area (Å²) in [7, 11) is -4.02. The lowest BCUT2D eigenvalue weighted by Crippen LogP contribution is -2.45. The van der Waals surface area contributed by atoms with Gasteiger partial charge in [0.1, 0.15) is 16.4 Å². The quantitative estimate of drug-likeness (QED) is 0.551. The third kappa shape index (κ3) is 4.24. The van der Waals surface area contributed by atoms with Gasteiger partial charge in [-0.3, -0.25) is 0 Å². The van der Waals surface area contributed by atoms with E-state index in [1.165, 1.54) is 24.3 Å². The fourth-order valence-corrected chi connectivity index (χ4v) is 6.58. The number of H-pyrrole nitrogens is 1. The molecular formula is C22H22ClF2N3O2S. The fraction of sp³-hybridized carbons (Fsp3) is 0.318. The molecule has 0 aliphatic heterocycles. The standard InChI is InChI=1S/C22H22ClF2N3O2S/c23-15-1-4-19(5-2-15)31(29,30)22(20-11-16(24)3-6-21(20)25)9-7-17(8-10-22)27-13-18-12-26-14-28-18/h1-6,11-12,14,17,27H,7-10,13H2,(H,26,28). The van der Waals surface area contributed by atoms with E-state index >= 15 is 0 Å². The van der Waals surface area contributed by atoms with Crippen molar-refractivity contribution in [2.75, 3.05) is 0 Å². The number of benzene rings is 2. The van der Waals surface area contributed by atoms with E-state index in [1.54, 1.807) is 12.5 Å². The van der Waals surface area contributed by atoms with Gasteiger partial charge in [-0.2, -0.15) is 0 Å². The lowest BCUT2D eigenvalue weighted by Gasteiger charge is -2.40. The van der Waals surface area contributed by atoms with Crippen LogP contribution in [-0.2, 0) is 21.1 Å². The van der Waals surface area contributed by atoms with Gasteiger partial charge < -0.3 is 10.3 Å². The first-order chi connectivity index (χ1) is 14.8. The Balaban J connectivity index is 1.68. The van der Waals surface area contributed by atoms with E-state index in [4.69, 9.17) is 11.6 Å². The first-order valence-corrected chi connectivity index (χ1v) is 11.8. The highest BCUT2D eigenvalue weighted by molar-refractivity contribution is 7.92. The number of imidazole rings is 1. The van der Waals surface area contributed by atoms with Gasteiger partial charge in [-0.25, -0.2) is 22.2 Å². The summed E-state index contributed by atoms with van der Waals surface area (Å²) in [5.41, 5.74) is 0.802. The zero-order valence-electron chi connectivity index (χ0n) is 16.6. The van der Waals surface area contributed by atoms with E-state index in [-0.39, 0.29) is 29.3 Å². The SMILES string of the molecule is O=S(=O)(c1ccc(Cl)cc1)C1(c2cc(F)ccc2F)CCC(NCc2cnc[nH]2)CC1. The molecule has 0 amide bonds. The molecule has 9 heteroatoms. The van der Waals surface area contributed by atoms with Crippen molar-refractivity contribution >= 4 is 21.4 Å². The number of rotatable bonds is 6. The highest BCUT2D eigenvalue weighted by Crippen LogP contribution is 2.48. The van der Waals surface area contributed by atoms with Gasteiger partial charge in [0.05, 0.1) is 11.2 Å². The zero-order chi connectivity index (χ0) is 22.1. The van der Waals surface area contributed by atoms with Crippen molar-refractivity contribution in [1.82, 2.24) is 15.3 Å². The van der Waals surface area contributed by atoms with Crippen LogP contribution in [0.3, 0.4) is 0 Å². The van der Waals surface area contributed by atoms with Crippen molar-refractivity contribution in [2.45, 2.75) is 47.9 Å². The van der Waals surface area contributed by atoms with E-state index in [2.05, 4.69) is 15.3 Å². The molecule has 164 valence electrons. The summed E-state index contributed by atoms with van der Waals surface area (Å²) < 4.78 is 54.9. The molecule has 1 aliphatic carbocycles. The Labute approximate surface area is 184 Å². The monoisotopic (exact) mass is 465 g/mol. The Morgan fingerprint density at radius 3 is 2.48 bits per heavy atom. The molecule has 0 radical (unpaired) electrons. The molecule has 3 aromatic rings. The lowest BCUT2D eigenvalue weighted by molar-refractivity contribution is 0.301. The molecule has 2 N–H and O–H groups in total. The van der Waals surface area contributed by atoms with Gasteiger partial charge in [-0.1, -0.05) is 11.6 Å². The van der Waals surface area contributed by atoms with Crippen LogP contribution in [0, 0.1) is 11.6 Å². The molecule has 0 bridgehead atoms. The molecule has 0 unspecified atom stereocenters. The minimum absolute atomic E-state index is 0.0458. The van der Waals surface area contributed by atoms with Crippen molar-refractivity contribution in [3.63, 3.8) is 0 Å². The molecule has 1 aliphatic rings. The van der Waals surface area contributed by atoms with Crippen molar-refractivity contribution < 1.29 is 17.2 Å². The molecule has 2 aromatic carbocycles. The first-order valence-electron chi connectivity index (χ1n) is 9.98. The highest BCUT2D eigenvalue weighted by atomic mass is 35.5. The van der Waals surface area contributed by atoms with E-state index in [0.717, 1.165) is 23.9 Å². The predicted octanol–water partition coefficient (Wildman–Crippen LogP) is 4.74. The van der Waals surface area contributed by atoms with Gasteiger partial charge in [0.25, 0.3) is 0 Å². The third-order valence-corrected chi connectivity index (χ3v) is 8.79. The maximum atomic E-state index is 14.9. The number of sulfone groups is 1. The molecule has 0 atom stereocenters. The van der Waals surface area contributed by atoms with Gasteiger partial charge in [0.2, 0.25) is 0 Å². The molecule has 5 nitrogen and oxygen atoms in total.